The molecule has 0 aromatic heterocycles. The normalized spacial score (nSPS) is 26.0. The fraction of sp³-hybridized carbons (Fsp3) is 0.923. The van der Waals surface area contributed by atoms with Crippen LogP contribution in [0.5, 0.6) is 0 Å². The Labute approximate surface area is 117 Å². The summed E-state index contributed by atoms with van der Waals surface area (Å²) in [6.07, 6.45) is -4.40. The largest absolute Gasteiger partial charge is 0.465 e. The van der Waals surface area contributed by atoms with Crippen molar-refractivity contribution in [3.05, 3.63) is 0 Å². The van der Waals surface area contributed by atoms with Crippen molar-refractivity contribution in [2.45, 2.75) is 52.4 Å². The maximum atomic E-state index is 13.2. The number of alkyl halides is 3. The number of rotatable bonds is 3. The maximum Gasteiger partial charge on any atom is 0.405 e. The van der Waals surface area contributed by atoms with E-state index in [-0.39, 0.29) is 31.0 Å². The lowest BCUT2D eigenvalue weighted by Crippen LogP contribution is -2.50. The van der Waals surface area contributed by atoms with Crippen LogP contribution in [0.4, 0.5) is 13.2 Å². The van der Waals surface area contributed by atoms with Crippen LogP contribution in [0.25, 0.3) is 0 Å². The molecule has 4 nitrogen and oxygen atoms in total. The second-order valence-corrected chi connectivity index (χ2v) is 6.15. The molecule has 0 aromatic rings. The third-order valence-electron chi connectivity index (χ3n) is 3.64. The lowest BCUT2D eigenvalue weighted by Gasteiger charge is -2.36. The zero-order valence-electron chi connectivity index (χ0n) is 12.6. The average molecular weight is 296 g/mol. The number of hydrogen-bond acceptors (Lipinski definition) is 4. The monoisotopic (exact) mass is 296 g/mol. The van der Waals surface area contributed by atoms with Gasteiger partial charge in [0, 0.05) is 13.1 Å². The smallest absolute Gasteiger partial charge is 0.405 e. The number of halogens is 3. The first-order valence-electron chi connectivity index (χ1n) is 6.70. The molecule has 118 valence electrons. The summed E-state index contributed by atoms with van der Waals surface area (Å²) < 4.78 is 44.2. The van der Waals surface area contributed by atoms with Crippen molar-refractivity contribution in [2.75, 3.05) is 20.2 Å². The van der Waals surface area contributed by atoms with E-state index in [2.05, 4.69) is 0 Å². The van der Waals surface area contributed by atoms with Gasteiger partial charge in [0.1, 0.15) is 12.6 Å². The highest BCUT2D eigenvalue weighted by atomic mass is 19.4. The minimum atomic E-state index is -4.36. The molecule has 1 aliphatic rings. The number of carbonyl (C=O) groups is 1. The van der Waals surface area contributed by atoms with Crippen molar-refractivity contribution < 1.29 is 22.7 Å². The molecule has 7 heteroatoms. The average Bonchev–Trinajstić information content (AvgIpc) is 2.55. The van der Waals surface area contributed by atoms with Crippen LogP contribution in [-0.2, 0) is 9.53 Å². The second kappa shape index (κ2) is 5.89. The second-order valence-electron chi connectivity index (χ2n) is 6.15. The lowest BCUT2D eigenvalue weighted by atomic mass is 9.84. The minimum absolute atomic E-state index is 0.0388. The van der Waals surface area contributed by atoms with E-state index in [0.29, 0.717) is 0 Å². The van der Waals surface area contributed by atoms with E-state index in [1.807, 2.05) is 20.8 Å². The van der Waals surface area contributed by atoms with Crippen LogP contribution in [0.2, 0.25) is 0 Å². The standard InChI is InChI=1S/C13H23F3N2O2/c1-6-20-11(19)8-18-10(13(14,15)16)7-9(17(18)5)12(2,3)4/h9-10H,6-8H2,1-5H3. The van der Waals surface area contributed by atoms with Gasteiger partial charge in [0.25, 0.3) is 0 Å². The van der Waals surface area contributed by atoms with Crippen molar-refractivity contribution >= 4 is 5.97 Å². The summed E-state index contributed by atoms with van der Waals surface area (Å²) in [5.74, 6) is -0.636. The fourth-order valence-corrected chi connectivity index (χ4v) is 2.66. The quantitative estimate of drug-likeness (QED) is 0.749. The number of carbonyl (C=O) groups excluding carboxylic acids is 1. The van der Waals surface area contributed by atoms with Gasteiger partial charge in [-0.1, -0.05) is 20.8 Å². The van der Waals surface area contributed by atoms with Crippen LogP contribution in [0.15, 0.2) is 0 Å². The maximum absolute atomic E-state index is 13.2. The van der Waals surface area contributed by atoms with Gasteiger partial charge >= 0.3 is 12.1 Å². The molecular formula is C13H23F3N2O2. The van der Waals surface area contributed by atoms with E-state index < -0.39 is 18.2 Å². The van der Waals surface area contributed by atoms with Crippen LogP contribution >= 0.6 is 0 Å². The molecule has 20 heavy (non-hydrogen) atoms. The van der Waals surface area contributed by atoms with Crippen molar-refractivity contribution in [1.29, 1.82) is 0 Å². The van der Waals surface area contributed by atoms with Gasteiger partial charge in [0.2, 0.25) is 0 Å². The summed E-state index contributed by atoms with van der Waals surface area (Å²) in [5, 5.41) is 2.61. The highest BCUT2D eigenvalue weighted by Gasteiger charge is 2.54. The van der Waals surface area contributed by atoms with E-state index in [0.717, 1.165) is 5.01 Å². The summed E-state index contributed by atoms with van der Waals surface area (Å²) in [5.41, 5.74) is -0.304. The van der Waals surface area contributed by atoms with E-state index in [1.54, 1.807) is 14.0 Å². The molecule has 0 amide bonds. The van der Waals surface area contributed by atoms with Crippen molar-refractivity contribution in [1.82, 2.24) is 10.0 Å². The Morgan fingerprint density at radius 3 is 2.20 bits per heavy atom. The molecule has 0 saturated carbocycles. The van der Waals surface area contributed by atoms with Crippen molar-refractivity contribution in [3.63, 3.8) is 0 Å². The Hall–Kier alpha value is -0.820. The van der Waals surface area contributed by atoms with Gasteiger partial charge < -0.3 is 4.74 Å². The van der Waals surface area contributed by atoms with E-state index >= 15 is 0 Å². The van der Waals surface area contributed by atoms with E-state index in [4.69, 9.17) is 4.74 Å². The molecule has 1 rings (SSSR count). The summed E-state index contributed by atoms with van der Waals surface area (Å²) in [6, 6.07) is -1.91. The predicted octanol–water partition coefficient (Wildman–Crippen LogP) is 2.45. The zero-order chi connectivity index (χ0) is 15.7. The predicted molar refractivity (Wildman–Crippen MR) is 68.8 cm³/mol. The van der Waals surface area contributed by atoms with Gasteiger partial charge in [-0.25, -0.2) is 10.0 Å². The molecule has 0 radical (unpaired) electrons. The lowest BCUT2D eigenvalue weighted by molar-refractivity contribution is -0.201. The van der Waals surface area contributed by atoms with Crippen LogP contribution < -0.4 is 0 Å². The Morgan fingerprint density at radius 1 is 1.25 bits per heavy atom. The highest BCUT2D eigenvalue weighted by Crippen LogP contribution is 2.41. The molecule has 0 aliphatic carbocycles. The topological polar surface area (TPSA) is 32.8 Å². The molecule has 0 aromatic carbocycles. The third-order valence-corrected chi connectivity index (χ3v) is 3.64. The molecule has 1 fully saturated rings. The van der Waals surface area contributed by atoms with Crippen LogP contribution in [0.1, 0.15) is 34.1 Å². The fourth-order valence-electron chi connectivity index (χ4n) is 2.66. The first-order valence-corrected chi connectivity index (χ1v) is 6.70. The number of esters is 1. The molecule has 0 N–H and O–H groups in total. The molecular weight excluding hydrogens is 273 g/mol. The van der Waals surface area contributed by atoms with Gasteiger partial charge in [-0.15, -0.1) is 0 Å². The summed E-state index contributed by atoms with van der Waals surface area (Å²) >= 11 is 0. The Bertz CT molecular complexity index is 353. The van der Waals surface area contributed by atoms with Gasteiger partial charge in [-0.3, -0.25) is 4.79 Å². The highest BCUT2D eigenvalue weighted by molar-refractivity contribution is 5.71. The van der Waals surface area contributed by atoms with Crippen LogP contribution in [0.3, 0.4) is 0 Å². The number of hydrazine groups is 1. The number of ether oxygens (including phenoxy) is 1. The molecule has 0 bridgehead atoms. The van der Waals surface area contributed by atoms with Gasteiger partial charge in [-0.2, -0.15) is 13.2 Å². The van der Waals surface area contributed by atoms with Gasteiger partial charge in [0.05, 0.1) is 6.61 Å². The molecule has 1 saturated heterocycles. The van der Waals surface area contributed by atoms with Crippen molar-refractivity contribution in [3.8, 4) is 0 Å². The number of hydrogen-bond donors (Lipinski definition) is 0. The summed E-state index contributed by atoms with van der Waals surface area (Å²) in [4.78, 5) is 11.5. The summed E-state index contributed by atoms with van der Waals surface area (Å²) in [7, 11) is 1.60. The Balaban J connectivity index is 2.94. The van der Waals surface area contributed by atoms with E-state index in [1.165, 1.54) is 5.01 Å². The van der Waals surface area contributed by atoms with Crippen LogP contribution in [-0.4, -0.2) is 54.4 Å². The zero-order valence-corrected chi connectivity index (χ0v) is 12.6. The van der Waals surface area contributed by atoms with Gasteiger partial charge in [-0.05, 0) is 18.8 Å². The Kier molecular flexibility index (Phi) is 5.08. The number of nitrogens with zero attached hydrogens (tertiary/aromatic N) is 2. The minimum Gasteiger partial charge on any atom is -0.465 e. The van der Waals surface area contributed by atoms with Crippen molar-refractivity contribution in [2.24, 2.45) is 5.41 Å². The molecule has 0 spiro atoms. The first-order chi connectivity index (χ1) is 8.98. The molecule has 1 heterocycles. The van der Waals surface area contributed by atoms with Crippen LogP contribution in [0, 0.1) is 5.41 Å². The first kappa shape index (κ1) is 17.2. The molecule has 1 aliphatic heterocycles. The summed E-state index contributed by atoms with van der Waals surface area (Å²) in [6.45, 7) is 7.11. The SMILES string of the molecule is CCOC(=O)CN1C(C(F)(F)F)CC(C(C)(C)C)N1C. The Morgan fingerprint density at radius 2 is 1.80 bits per heavy atom. The molecule has 2 atom stereocenters. The third kappa shape index (κ3) is 3.85. The molecule has 2 unspecified atom stereocenters. The van der Waals surface area contributed by atoms with E-state index in [9.17, 15) is 18.0 Å². The van der Waals surface area contributed by atoms with Gasteiger partial charge in [0.15, 0.2) is 0 Å².